The summed E-state index contributed by atoms with van der Waals surface area (Å²) in [5, 5.41) is 6.75. The molecule has 1 aliphatic carbocycles. The molecular weight excluding hydrogens is 519 g/mol. The van der Waals surface area contributed by atoms with E-state index < -0.39 is 11.9 Å². The second kappa shape index (κ2) is 12.0. The molecule has 0 spiro atoms. The average molecular weight is 548 g/mol. The Morgan fingerprint density at radius 2 is 1.82 bits per heavy atom. The van der Waals surface area contributed by atoms with Gasteiger partial charge in [-0.05, 0) is 61.6 Å². The number of fused-ring (bicyclic) bond motifs is 1. The maximum absolute atomic E-state index is 13.5. The van der Waals surface area contributed by atoms with E-state index in [1.165, 1.54) is 12.1 Å². The first-order chi connectivity index (χ1) is 18.1. The largest absolute Gasteiger partial charge is 0.433 e. The van der Waals surface area contributed by atoms with E-state index in [1.54, 1.807) is 31.6 Å². The summed E-state index contributed by atoms with van der Waals surface area (Å²) in [6.07, 6.45) is 1.68. The van der Waals surface area contributed by atoms with Crippen LogP contribution in [0.5, 0.6) is 0 Å². The fourth-order valence-electron chi connectivity index (χ4n) is 4.74. The summed E-state index contributed by atoms with van der Waals surface area (Å²) in [5.74, 6) is -0.403. The SMILES string of the molecule is CN(c1cc(C(F)(F)F)nc2ccc(Cl)cc12)[C@H]1CC[C@@H](NC(=O)CCC(=O)NCc2cccnc2)CC1. The number of alkyl halides is 3. The van der Waals surface area contributed by atoms with Crippen LogP contribution in [0.15, 0.2) is 48.8 Å². The molecule has 1 aliphatic rings. The Morgan fingerprint density at radius 1 is 1.08 bits per heavy atom. The van der Waals surface area contributed by atoms with E-state index in [4.69, 9.17) is 11.6 Å². The van der Waals surface area contributed by atoms with Gasteiger partial charge in [-0.1, -0.05) is 17.7 Å². The summed E-state index contributed by atoms with van der Waals surface area (Å²) in [4.78, 5) is 34.1. The van der Waals surface area contributed by atoms with Gasteiger partial charge >= 0.3 is 6.18 Å². The molecule has 0 radical (unpaired) electrons. The number of amides is 2. The molecule has 202 valence electrons. The first kappa shape index (κ1) is 27.6. The predicted molar refractivity (Wildman–Crippen MR) is 140 cm³/mol. The monoisotopic (exact) mass is 547 g/mol. The topological polar surface area (TPSA) is 87.2 Å². The summed E-state index contributed by atoms with van der Waals surface area (Å²) in [7, 11) is 1.78. The lowest BCUT2D eigenvalue weighted by molar-refractivity contribution is -0.141. The van der Waals surface area contributed by atoms with Gasteiger partial charge in [-0.3, -0.25) is 14.6 Å². The van der Waals surface area contributed by atoms with E-state index in [-0.39, 0.29) is 42.3 Å². The number of nitrogens with one attached hydrogen (secondary N) is 2. The Balaban J connectivity index is 1.30. The third-order valence-electron chi connectivity index (χ3n) is 6.82. The van der Waals surface area contributed by atoms with Gasteiger partial charge in [0.05, 0.1) is 5.52 Å². The summed E-state index contributed by atoms with van der Waals surface area (Å²) in [6, 6.07) is 9.33. The molecular formula is C27H29ClF3N5O2. The van der Waals surface area contributed by atoms with E-state index in [2.05, 4.69) is 20.6 Å². The van der Waals surface area contributed by atoms with Gasteiger partial charge in [-0.2, -0.15) is 13.2 Å². The molecule has 0 aliphatic heterocycles. The zero-order chi connectivity index (χ0) is 27.3. The molecule has 1 saturated carbocycles. The number of rotatable bonds is 8. The fraction of sp³-hybridized carbons (Fsp3) is 0.407. The number of carbonyl (C=O) groups excluding carboxylic acids is 2. The van der Waals surface area contributed by atoms with E-state index in [9.17, 15) is 22.8 Å². The number of hydrogen-bond donors (Lipinski definition) is 2. The summed E-state index contributed by atoms with van der Waals surface area (Å²) in [6.45, 7) is 0.356. The van der Waals surface area contributed by atoms with Crippen molar-refractivity contribution in [3.8, 4) is 0 Å². The number of anilines is 1. The smallest absolute Gasteiger partial charge is 0.371 e. The van der Waals surface area contributed by atoms with Gasteiger partial charge in [-0.25, -0.2) is 4.98 Å². The highest BCUT2D eigenvalue weighted by atomic mass is 35.5. The molecule has 7 nitrogen and oxygen atoms in total. The number of carbonyl (C=O) groups is 2. The molecule has 1 fully saturated rings. The molecule has 38 heavy (non-hydrogen) atoms. The molecule has 3 aromatic rings. The van der Waals surface area contributed by atoms with E-state index in [0.717, 1.165) is 11.6 Å². The van der Waals surface area contributed by atoms with Crippen molar-refractivity contribution < 1.29 is 22.8 Å². The maximum Gasteiger partial charge on any atom is 0.433 e. The lowest BCUT2D eigenvalue weighted by atomic mass is 9.89. The van der Waals surface area contributed by atoms with Crippen molar-refractivity contribution in [1.29, 1.82) is 0 Å². The van der Waals surface area contributed by atoms with Crippen molar-refractivity contribution in [2.24, 2.45) is 0 Å². The van der Waals surface area contributed by atoms with Gasteiger partial charge < -0.3 is 15.5 Å². The molecule has 4 rings (SSSR count). The molecule has 2 aromatic heterocycles. The standard InChI is InChI=1S/C27H29ClF3N5O2/c1-36(23-14-24(27(29,30)31)35-22-9-4-18(28)13-21(22)23)20-7-5-19(6-8-20)34-26(38)11-10-25(37)33-16-17-3-2-12-32-15-17/h2-4,9,12-15,19-20H,5-8,10-11,16H2,1H3,(H,33,37)(H,34,38)/t19-,20+. The van der Waals surface area contributed by atoms with Crippen molar-refractivity contribution in [3.63, 3.8) is 0 Å². The summed E-state index contributed by atoms with van der Waals surface area (Å²) >= 11 is 6.13. The molecule has 0 bridgehead atoms. The number of benzene rings is 1. The van der Waals surface area contributed by atoms with Gasteiger partial charge in [0.1, 0.15) is 5.69 Å². The number of aromatic nitrogens is 2. The Morgan fingerprint density at radius 3 is 2.50 bits per heavy atom. The minimum Gasteiger partial charge on any atom is -0.371 e. The highest BCUT2D eigenvalue weighted by Crippen LogP contribution is 2.37. The van der Waals surface area contributed by atoms with Gasteiger partial charge in [0.2, 0.25) is 11.8 Å². The van der Waals surface area contributed by atoms with Crippen LogP contribution in [0, 0.1) is 0 Å². The Bertz CT molecular complexity index is 1280. The molecule has 2 amide bonds. The van der Waals surface area contributed by atoms with Crippen LogP contribution < -0.4 is 15.5 Å². The minimum atomic E-state index is -4.57. The molecule has 2 N–H and O–H groups in total. The van der Waals surface area contributed by atoms with Crippen molar-refractivity contribution >= 4 is 40.0 Å². The van der Waals surface area contributed by atoms with Crippen molar-refractivity contribution in [1.82, 2.24) is 20.6 Å². The van der Waals surface area contributed by atoms with Crippen molar-refractivity contribution in [3.05, 3.63) is 65.1 Å². The average Bonchev–Trinajstić information content (AvgIpc) is 2.90. The maximum atomic E-state index is 13.5. The van der Waals surface area contributed by atoms with Crippen LogP contribution >= 0.6 is 11.6 Å². The molecule has 11 heteroatoms. The number of halogens is 4. The first-order valence-corrected chi connectivity index (χ1v) is 12.8. The quantitative estimate of drug-likeness (QED) is 0.401. The van der Waals surface area contributed by atoms with Crippen molar-refractivity contribution in [2.75, 3.05) is 11.9 Å². The van der Waals surface area contributed by atoms with Crippen molar-refractivity contribution in [2.45, 2.75) is 63.3 Å². The predicted octanol–water partition coefficient (Wildman–Crippen LogP) is 5.26. The lowest BCUT2D eigenvalue weighted by Gasteiger charge is -2.37. The van der Waals surface area contributed by atoms with Crippen LogP contribution in [0.4, 0.5) is 18.9 Å². The normalized spacial score (nSPS) is 17.7. The van der Waals surface area contributed by atoms with E-state index in [0.29, 0.717) is 48.3 Å². The highest BCUT2D eigenvalue weighted by molar-refractivity contribution is 6.31. The second-order valence-electron chi connectivity index (χ2n) is 9.51. The lowest BCUT2D eigenvalue weighted by Crippen LogP contribution is -2.43. The van der Waals surface area contributed by atoms with Gasteiger partial charge in [0.25, 0.3) is 0 Å². The van der Waals surface area contributed by atoms with Gasteiger partial charge in [0.15, 0.2) is 0 Å². The number of nitrogens with zero attached hydrogens (tertiary/aromatic N) is 3. The van der Waals surface area contributed by atoms with E-state index >= 15 is 0 Å². The third kappa shape index (κ3) is 7.12. The molecule has 0 unspecified atom stereocenters. The Kier molecular flexibility index (Phi) is 8.71. The zero-order valence-corrected chi connectivity index (χ0v) is 21.6. The van der Waals surface area contributed by atoms with Gasteiger partial charge in [0, 0.05) is 67.0 Å². The van der Waals surface area contributed by atoms with Crippen LogP contribution in [0.25, 0.3) is 10.9 Å². The van der Waals surface area contributed by atoms with Gasteiger partial charge in [-0.15, -0.1) is 0 Å². The third-order valence-corrected chi connectivity index (χ3v) is 7.06. The molecule has 1 aromatic carbocycles. The van der Waals surface area contributed by atoms with Crippen LogP contribution in [0.1, 0.15) is 49.8 Å². The minimum absolute atomic E-state index is 0.00734. The first-order valence-electron chi connectivity index (χ1n) is 12.5. The summed E-state index contributed by atoms with van der Waals surface area (Å²) in [5.41, 5.74) is 0.593. The molecule has 0 saturated heterocycles. The van der Waals surface area contributed by atoms with E-state index in [1.807, 2.05) is 11.0 Å². The zero-order valence-electron chi connectivity index (χ0n) is 20.9. The van der Waals surface area contributed by atoms with Crippen LogP contribution in [0.2, 0.25) is 5.02 Å². The Hall–Kier alpha value is -3.40. The van der Waals surface area contributed by atoms with Crippen LogP contribution in [-0.2, 0) is 22.3 Å². The number of pyridine rings is 2. The van der Waals surface area contributed by atoms with Crippen LogP contribution in [-0.4, -0.2) is 40.9 Å². The fourth-order valence-corrected chi connectivity index (χ4v) is 4.91. The Labute approximate surface area is 223 Å². The molecule has 0 atom stereocenters. The second-order valence-corrected chi connectivity index (χ2v) is 9.94. The number of hydrogen-bond acceptors (Lipinski definition) is 5. The molecule has 2 heterocycles. The highest BCUT2D eigenvalue weighted by Gasteiger charge is 2.34. The summed E-state index contributed by atoms with van der Waals surface area (Å²) < 4.78 is 40.5. The van der Waals surface area contributed by atoms with Crippen LogP contribution in [0.3, 0.4) is 0 Å².